The number of aryl methyl sites for hydroxylation is 1. The van der Waals surface area contributed by atoms with Gasteiger partial charge in [-0.05, 0) is 51.0 Å². The Morgan fingerprint density at radius 2 is 2.12 bits per heavy atom. The normalized spacial score (nSPS) is 11.4. The number of amides is 1. The van der Waals surface area contributed by atoms with Gasteiger partial charge in [0, 0.05) is 22.1 Å². The Hall–Kier alpha value is -0.870. The molecule has 1 amide bonds. The van der Waals surface area contributed by atoms with Crippen LogP contribution in [-0.4, -0.2) is 11.4 Å². The maximum atomic E-state index is 11.7. The monoisotopic (exact) mass is 298 g/mol. The van der Waals surface area contributed by atoms with E-state index in [1.165, 1.54) is 0 Å². The van der Waals surface area contributed by atoms with Gasteiger partial charge in [-0.25, -0.2) is 0 Å². The molecule has 0 bridgehead atoms. The van der Waals surface area contributed by atoms with Gasteiger partial charge in [-0.3, -0.25) is 4.79 Å². The van der Waals surface area contributed by atoms with E-state index in [0.29, 0.717) is 12.8 Å². The van der Waals surface area contributed by atoms with Crippen molar-refractivity contribution in [3.05, 3.63) is 28.2 Å². The highest BCUT2D eigenvalue weighted by Gasteiger charge is 2.13. The predicted molar refractivity (Wildman–Crippen MR) is 75.0 cm³/mol. The van der Waals surface area contributed by atoms with Crippen LogP contribution in [0.2, 0.25) is 0 Å². The minimum absolute atomic E-state index is 0.00828. The lowest BCUT2D eigenvalue weighted by molar-refractivity contribution is -0.116. The molecule has 0 fully saturated rings. The minimum atomic E-state index is -0.300. The Kier molecular flexibility index (Phi) is 4.71. The molecule has 3 N–H and O–H groups in total. The van der Waals surface area contributed by atoms with Crippen LogP contribution in [0.5, 0.6) is 0 Å². The van der Waals surface area contributed by atoms with Gasteiger partial charge in [-0.15, -0.1) is 0 Å². The fourth-order valence-electron chi connectivity index (χ4n) is 1.42. The number of halogens is 1. The SMILES string of the molecule is Cc1cc(Br)ccc1NC(=O)CCC(C)(C)N. The van der Waals surface area contributed by atoms with Crippen molar-refractivity contribution in [3.63, 3.8) is 0 Å². The smallest absolute Gasteiger partial charge is 0.224 e. The average molecular weight is 299 g/mol. The van der Waals surface area contributed by atoms with E-state index in [0.717, 1.165) is 15.7 Å². The molecule has 1 aromatic rings. The number of carbonyl (C=O) groups excluding carboxylic acids is 1. The number of benzene rings is 1. The molecule has 0 spiro atoms. The molecule has 0 heterocycles. The van der Waals surface area contributed by atoms with Gasteiger partial charge in [0.1, 0.15) is 0 Å². The van der Waals surface area contributed by atoms with Crippen molar-refractivity contribution in [2.24, 2.45) is 5.73 Å². The third kappa shape index (κ3) is 5.33. The summed E-state index contributed by atoms with van der Waals surface area (Å²) >= 11 is 3.39. The Bertz CT molecular complexity index is 410. The highest BCUT2D eigenvalue weighted by atomic mass is 79.9. The summed E-state index contributed by atoms with van der Waals surface area (Å²) in [5.74, 6) is 0.00828. The van der Waals surface area contributed by atoms with Crippen LogP contribution in [0.15, 0.2) is 22.7 Å². The summed E-state index contributed by atoms with van der Waals surface area (Å²) in [5.41, 5.74) is 7.44. The predicted octanol–water partition coefficient (Wildman–Crippen LogP) is 3.21. The molecule has 0 aliphatic rings. The van der Waals surface area contributed by atoms with Gasteiger partial charge in [-0.1, -0.05) is 15.9 Å². The first-order valence-electron chi connectivity index (χ1n) is 5.63. The zero-order chi connectivity index (χ0) is 13.1. The molecular formula is C13H19BrN2O. The fraction of sp³-hybridized carbons (Fsp3) is 0.462. The molecule has 0 unspecified atom stereocenters. The van der Waals surface area contributed by atoms with E-state index in [1.54, 1.807) is 0 Å². The van der Waals surface area contributed by atoms with Gasteiger partial charge in [0.25, 0.3) is 0 Å². The van der Waals surface area contributed by atoms with E-state index >= 15 is 0 Å². The van der Waals surface area contributed by atoms with Gasteiger partial charge < -0.3 is 11.1 Å². The van der Waals surface area contributed by atoms with Crippen LogP contribution in [0.1, 0.15) is 32.3 Å². The van der Waals surface area contributed by atoms with Crippen molar-refractivity contribution in [1.29, 1.82) is 0 Å². The van der Waals surface area contributed by atoms with E-state index in [9.17, 15) is 4.79 Å². The molecule has 0 saturated carbocycles. The molecule has 0 atom stereocenters. The van der Waals surface area contributed by atoms with Crippen molar-refractivity contribution in [1.82, 2.24) is 0 Å². The molecule has 4 heteroatoms. The van der Waals surface area contributed by atoms with E-state index in [1.807, 2.05) is 39.0 Å². The standard InChI is InChI=1S/C13H19BrN2O/c1-9-8-10(14)4-5-11(9)16-12(17)6-7-13(2,3)15/h4-5,8H,6-7,15H2,1-3H3,(H,16,17). The quantitative estimate of drug-likeness (QED) is 0.897. The number of nitrogens with one attached hydrogen (secondary N) is 1. The van der Waals surface area contributed by atoms with E-state index in [4.69, 9.17) is 5.73 Å². The van der Waals surface area contributed by atoms with Crippen LogP contribution in [0, 0.1) is 6.92 Å². The molecule has 94 valence electrons. The number of hydrogen-bond acceptors (Lipinski definition) is 2. The molecule has 1 aromatic carbocycles. The van der Waals surface area contributed by atoms with Crippen molar-refractivity contribution in [2.75, 3.05) is 5.32 Å². The van der Waals surface area contributed by atoms with Crippen LogP contribution in [-0.2, 0) is 4.79 Å². The molecule has 0 saturated heterocycles. The van der Waals surface area contributed by atoms with Crippen LogP contribution in [0.4, 0.5) is 5.69 Å². The second-order valence-electron chi connectivity index (χ2n) is 5.00. The summed E-state index contributed by atoms with van der Waals surface area (Å²) in [7, 11) is 0. The van der Waals surface area contributed by atoms with Crippen molar-refractivity contribution < 1.29 is 4.79 Å². The van der Waals surface area contributed by atoms with E-state index < -0.39 is 0 Å². The maximum absolute atomic E-state index is 11.7. The number of hydrogen-bond donors (Lipinski definition) is 2. The topological polar surface area (TPSA) is 55.1 Å². The highest BCUT2D eigenvalue weighted by molar-refractivity contribution is 9.10. The van der Waals surface area contributed by atoms with Crippen LogP contribution in [0.3, 0.4) is 0 Å². The Labute approximate surface area is 111 Å². The molecule has 0 aliphatic carbocycles. The molecule has 0 aliphatic heterocycles. The third-order valence-corrected chi connectivity index (χ3v) is 2.95. The zero-order valence-electron chi connectivity index (χ0n) is 10.5. The zero-order valence-corrected chi connectivity index (χ0v) is 12.1. The Morgan fingerprint density at radius 1 is 1.47 bits per heavy atom. The van der Waals surface area contributed by atoms with Crippen molar-refractivity contribution in [3.8, 4) is 0 Å². The van der Waals surface area contributed by atoms with Gasteiger partial charge in [0.2, 0.25) is 5.91 Å². The summed E-state index contributed by atoms with van der Waals surface area (Å²) in [6, 6.07) is 5.78. The summed E-state index contributed by atoms with van der Waals surface area (Å²) in [6.45, 7) is 5.81. The lowest BCUT2D eigenvalue weighted by atomic mass is 10.00. The summed E-state index contributed by atoms with van der Waals surface area (Å²) in [6.07, 6.45) is 1.12. The largest absolute Gasteiger partial charge is 0.326 e. The van der Waals surface area contributed by atoms with Gasteiger partial charge in [-0.2, -0.15) is 0 Å². The maximum Gasteiger partial charge on any atom is 0.224 e. The molecule has 3 nitrogen and oxygen atoms in total. The number of rotatable bonds is 4. The number of anilines is 1. The van der Waals surface area contributed by atoms with Crippen molar-refractivity contribution >= 4 is 27.5 Å². The summed E-state index contributed by atoms with van der Waals surface area (Å²) in [5, 5.41) is 2.89. The van der Waals surface area contributed by atoms with Gasteiger partial charge in [0.05, 0.1) is 0 Å². The minimum Gasteiger partial charge on any atom is -0.326 e. The number of nitrogens with two attached hydrogens (primary N) is 1. The fourth-order valence-corrected chi connectivity index (χ4v) is 1.89. The first-order valence-corrected chi connectivity index (χ1v) is 6.42. The van der Waals surface area contributed by atoms with E-state index in [-0.39, 0.29) is 11.4 Å². The van der Waals surface area contributed by atoms with Crippen molar-refractivity contribution in [2.45, 2.75) is 39.2 Å². The Morgan fingerprint density at radius 3 is 2.65 bits per heavy atom. The molecule has 0 aromatic heterocycles. The lowest BCUT2D eigenvalue weighted by Crippen LogP contribution is -2.33. The number of carbonyl (C=O) groups is 1. The molecular weight excluding hydrogens is 280 g/mol. The van der Waals surface area contributed by atoms with Gasteiger partial charge >= 0.3 is 0 Å². The van der Waals surface area contributed by atoms with Gasteiger partial charge in [0.15, 0.2) is 0 Å². The molecule has 1 rings (SSSR count). The first kappa shape index (κ1) is 14.2. The molecule has 17 heavy (non-hydrogen) atoms. The highest BCUT2D eigenvalue weighted by Crippen LogP contribution is 2.20. The average Bonchev–Trinajstić information content (AvgIpc) is 2.18. The first-order chi connectivity index (χ1) is 7.78. The third-order valence-electron chi connectivity index (χ3n) is 2.46. The summed E-state index contributed by atoms with van der Waals surface area (Å²) in [4.78, 5) is 11.7. The second-order valence-corrected chi connectivity index (χ2v) is 5.91. The van der Waals surface area contributed by atoms with Crippen LogP contribution >= 0.6 is 15.9 Å². The van der Waals surface area contributed by atoms with E-state index in [2.05, 4.69) is 21.2 Å². The molecule has 0 radical (unpaired) electrons. The Balaban J connectivity index is 2.57. The second kappa shape index (κ2) is 5.65. The van der Waals surface area contributed by atoms with Crippen LogP contribution in [0.25, 0.3) is 0 Å². The van der Waals surface area contributed by atoms with Crippen LogP contribution < -0.4 is 11.1 Å². The summed E-state index contributed by atoms with van der Waals surface area (Å²) < 4.78 is 1.01. The lowest BCUT2D eigenvalue weighted by Gasteiger charge is -2.17.